The van der Waals surface area contributed by atoms with Crippen molar-refractivity contribution in [1.29, 1.82) is 0 Å². The van der Waals surface area contributed by atoms with Crippen molar-refractivity contribution in [2.24, 2.45) is 0 Å². The molecule has 0 amide bonds. The molecule has 0 N–H and O–H groups in total. The summed E-state index contributed by atoms with van der Waals surface area (Å²) < 4.78 is 1.95. The van der Waals surface area contributed by atoms with E-state index in [0.29, 0.717) is 6.04 Å². The molecule has 3 heteroatoms. The van der Waals surface area contributed by atoms with E-state index in [1.165, 1.54) is 11.9 Å². The Hall–Kier alpha value is -0.0200. The number of hydrogen-bond donors (Lipinski definition) is 0. The molecule has 1 unspecified atom stereocenters. The lowest BCUT2D eigenvalue weighted by Gasteiger charge is -2.18. The summed E-state index contributed by atoms with van der Waals surface area (Å²) >= 11 is 1.22. The molecule has 0 fully saturated rings. The molecule has 0 rings (SSSR count). The SMILES string of the molecule is CCC(C)N(C)SC=O. The summed E-state index contributed by atoms with van der Waals surface area (Å²) in [5.41, 5.74) is 0.853. The fourth-order valence-corrected chi connectivity index (χ4v) is 0.921. The highest BCUT2D eigenvalue weighted by atomic mass is 32.2. The number of nitrogens with zero attached hydrogens (tertiary/aromatic N) is 1. The third kappa shape index (κ3) is 3.54. The first-order valence-corrected chi connectivity index (χ1v) is 3.89. The molecule has 0 aromatic carbocycles. The van der Waals surface area contributed by atoms with Gasteiger partial charge in [0.05, 0.1) is 0 Å². The van der Waals surface area contributed by atoms with Gasteiger partial charge in [0.2, 0.25) is 0 Å². The van der Waals surface area contributed by atoms with Gasteiger partial charge < -0.3 is 0 Å². The molecule has 0 aromatic heterocycles. The van der Waals surface area contributed by atoms with Crippen molar-refractivity contribution in [3.63, 3.8) is 0 Å². The Morgan fingerprint density at radius 3 is 2.67 bits per heavy atom. The average molecular weight is 147 g/mol. The van der Waals surface area contributed by atoms with Gasteiger partial charge in [-0.1, -0.05) is 6.92 Å². The van der Waals surface area contributed by atoms with E-state index < -0.39 is 0 Å². The second-order valence-corrected chi connectivity index (χ2v) is 2.98. The monoisotopic (exact) mass is 147 g/mol. The summed E-state index contributed by atoms with van der Waals surface area (Å²) in [6.45, 7) is 4.20. The van der Waals surface area contributed by atoms with Crippen molar-refractivity contribution < 1.29 is 4.79 Å². The quantitative estimate of drug-likeness (QED) is 0.444. The minimum Gasteiger partial charge on any atom is -0.290 e. The van der Waals surface area contributed by atoms with Crippen LogP contribution < -0.4 is 0 Å². The molecule has 0 aliphatic rings. The van der Waals surface area contributed by atoms with Crippen LogP contribution in [0.25, 0.3) is 0 Å². The largest absolute Gasteiger partial charge is 0.290 e. The van der Waals surface area contributed by atoms with Gasteiger partial charge in [-0.05, 0) is 32.3 Å². The highest BCUT2D eigenvalue weighted by Crippen LogP contribution is 2.09. The molecule has 0 heterocycles. The molecule has 0 spiro atoms. The van der Waals surface area contributed by atoms with E-state index >= 15 is 0 Å². The first-order valence-electron chi connectivity index (χ1n) is 3.05. The molecule has 2 nitrogen and oxygen atoms in total. The van der Waals surface area contributed by atoms with Crippen LogP contribution in [-0.4, -0.2) is 23.0 Å². The summed E-state index contributed by atoms with van der Waals surface area (Å²) in [4.78, 5) is 9.96. The minimum atomic E-state index is 0.486. The van der Waals surface area contributed by atoms with Crippen LogP contribution in [0.1, 0.15) is 20.3 Å². The van der Waals surface area contributed by atoms with Gasteiger partial charge in [0, 0.05) is 6.04 Å². The van der Waals surface area contributed by atoms with Crippen molar-refractivity contribution in [3.8, 4) is 0 Å². The van der Waals surface area contributed by atoms with Crippen molar-refractivity contribution in [1.82, 2.24) is 4.31 Å². The summed E-state index contributed by atoms with van der Waals surface area (Å²) in [5, 5.41) is 0. The Bertz CT molecular complexity index is 87.1. The lowest BCUT2D eigenvalue weighted by molar-refractivity contribution is 0.427. The second-order valence-electron chi connectivity index (χ2n) is 2.01. The first kappa shape index (κ1) is 8.98. The van der Waals surface area contributed by atoms with Crippen LogP contribution in [0.3, 0.4) is 0 Å². The maximum Gasteiger partial charge on any atom is 0.191 e. The van der Waals surface area contributed by atoms with Crippen LogP contribution in [0, 0.1) is 0 Å². The standard InChI is InChI=1S/C6H13NOS/c1-4-6(2)7(3)9-5-8/h5-6H,4H2,1-3H3. The fraction of sp³-hybridized carbons (Fsp3) is 0.833. The van der Waals surface area contributed by atoms with Gasteiger partial charge in [-0.2, -0.15) is 0 Å². The van der Waals surface area contributed by atoms with Crippen LogP contribution in [0.4, 0.5) is 0 Å². The van der Waals surface area contributed by atoms with Crippen LogP contribution in [0.15, 0.2) is 0 Å². The van der Waals surface area contributed by atoms with Gasteiger partial charge in [0.15, 0.2) is 5.62 Å². The predicted octanol–water partition coefficient (Wildman–Crippen LogP) is 1.56. The van der Waals surface area contributed by atoms with E-state index in [1.807, 2.05) is 11.4 Å². The molecule has 0 aromatic rings. The smallest absolute Gasteiger partial charge is 0.191 e. The van der Waals surface area contributed by atoms with Gasteiger partial charge >= 0.3 is 0 Å². The molecular weight excluding hydrogens is 134 g/mol. The Balaban J connectivity index is 3.44. The van der Waals surface area contributed by atoms with Gasteiger partial charge in [-0.25, -0.2) is 4.31 Å². The highest BCUT2D eigenvalue weighted by Gasteiger charge is 2.04. The van der Waals surface area contributed by atoms with Gasteiger partial charge in [-0.3, -0.25) is 4.79 Å². The number of rotatable bonds is 4. The Morgan fingerprint density at radius 1 is 1.78 bits per heavy atom. The maximum absolute atomic E-state index is 9.96. The molecule has 0 aliphatic carbocycles. The second kappa shape index (κ2) is 4.82. The fourth-order valence-electron chi connectivity index (χ4n) is 0.429. The van der Waals surface area contributed by atoms with E-state index in [0.717, 1.165) is 12.0 Å². The molecule has 0 radical (unpaired) electrons. The van der Waals surface area contributed by atoms with Crippen molar-refractivity contribution in [2.75, 3.05) is 7.05 Å². The van der Waals surface area contributed by atoms with E-state index in [2.05, 4.69) is 13.8 Å². The van der Waals surface area contributed by atoms with Crippen LogP contribution >= 0.6 is 11.9 Å². The predicted molar refractivity (Wildman–Crippen MR) is 41.9 cm³/mol. The Labute approximate surface area is 60.7 Å². The van der Waals surface area contributed by atoms with Crippen molar-refractivity contribution in [2.45, 2.75) is 26.3 Å². The van der Waals surface area contributed by atoms with Gasteiger partial charge in [-0.15, -0.1) is 0 Å². The van der Waals surface area contributed by atoms with Crippen LogP contribution in [0.5, 0.6) is 0 Å². The summed E-state index contributed by atoms with van der Waals surface area (Å²) in [5.74, 6) is 0. The number of hydrogen-bond acceptors (Lipinski definition) is 3. The lowest BCUT2D eigenvalue weighted by Crippen LogP contribution is -2.21. The van der Waals surface area contributed by atoms with E-state index in [1.54, 1.807) is 0 Å². The highest BCUT2D eigenvalue weighted by molar-refractivity contribution is 8.09. The van der Waals surface area contributed by atoms with Crippen molar-refractivity contribution >= 4 is 17.6 Å². The summed E-state index contributed by atoms with van der Waals surface area (Å²) in [6, 6.07) is 0.486. The number of carbonyl (C=O) groups excluding carboxylic acids is 1. The molecule has 0 saturated heterocycles. The zero-order valence-electron chi connectivity index (χ0n) is 6.13. The molecule has 54 valence electrons. The van der Waals surface area contributed by atoms with E-state index in [9.17, 15) is 4.79 Å². The minimum absolute atomic E-state index is 0.486. The molecular formula is C6H13NOS. The average Bonchev–Trinajstić information content (AvgIpc) is 1.87. The zero-order chi connectivity index (χ0) is 7.28. The van der Waals surface area contributed by atoms with E-state index in [4.69, 9.17) is 0 Å². The first-order chi connectivity index (χ1) is 4.22. The molecule has 0 aliphatic heterocycles. The lowest BCUT2D eigenvalue weighted by atomic mass is 10.3. The third-order valence-electron chi connectivity index (χ3n) is 1.42. The normalized spacial score (nSPS) is 13.8. The molecule has 0 saturated carbocycles. The number of carbonyl (C=O) groups is 1. The molecule has 1 atom stereocenters. The molecule has 9 heavy (non-hydrogen) atoms. The van der Waals surface area contributed by atoms with Gasteiger partial charge in [0.1, 0.15) is 0 Å². The van der Waals surface area contributed by atoms with Crippen molar-refractivity contribution in [3.05, 3.63) is 0 Å². The summed E-state index contributed by atoms with van der Waals surface area (Å²) in [6.07, 6.45) is 1.08. The third-order valence-corrected chi connectivity index (χ3v) is 2.20. The van der Waals surface area contributed by atoms with Crippen LogP contribution in [-0.2, 0) is 4.79 Å². The molecule has 0 bridgehead atoms. The topological polar surface area (TPSA) is 20.3 Å². The Kier molecular flexibility index (Phi) is 4.81. The zero-order valence-corrected chi connectivity index (χ0v) is 6.94. The van der Waals surface area contributed by atoms with E-state index in [-0.39, 0.29) is 0 Å². The summed E-state index contributed by atoms with van der Waals surface area (Å²) in [7, 11) is 1.92. The maximum atomic E-state index is 9.96. The van der Waals surface area contributed by atoms with Crippen LogP contribution in [0.2, 0.25) is 0 Å². The Morgan fingerprint density at radius 2 is 2.33 bits per heavy atom. The van der Waals surface area contributed by atoms with Gasteiger partial charge in [0.25, 0.3) is 0 Å².